The highest BCUT2D eigenvalue weighted by Crippen LogP contribution is 2.17. The molecular weight excluding hydrogens is 287 g/mol. The Hall–Kier alpha value is -1.83. The summed E-state index contributed by atoms with van der Waals surface area (Å²) in [5.41, 5.74) is 0.337. The molecule has 1 amide bonds. The highest BCUT2D eigenvalue weighted by Gasteiger charge is 2.28. The Morgan fingerprint density at radius 3 is 2.86 bits per heavy atom. The van der Waals surface area contributed by atoms with E-state index in [0.29, 0.717) is 25.2 Å². The van der Waals surface area contributed by atoms with Crippen LogP contribution >= 0.6 is 0 Å². The molecule has 0 bridgehead atoms. The third-order valence-corrected chi connectivity index (χ3v) is 3.02. The molecule has 0 aromatic carbocycles. The summed E-state index contributed by atoms with van der Waals surface area (Å²) in [6, 6.07) is 2.91. The summed E-state index contributed by atoms with van der Waals surface area (Å²) in [6.45, 7) is 2.47. The fourth-order valence-corrected chi connectivity index (χ4v) is 2.05. The van der Waals surface area contributed by atoms with Crippen molar-refractivity contribution in [2.24, 2.45) is 0 Å². The van der Waals surface area contributed by atoms with E-state index < -0.39 is 12.8 Å². The van der Waals surface area contributed by atoms with Gasteiger partial charge in [-0.1, -0.05) is 0 Å². The number of nitrogens with zero attached hydrogens (tertiary/aromatic N) is 2. The number of hydrogen-bond acceptors (Lipinski definition) is 4. The number of alkyl halides is 3. The molecule has 5 nitrogen and oxygen atoms in total. The second-order valence-corrected chi connectivity index (χ2v) is 4.90. The van der Waals surface area contributed by atoms with Gasteiger partial charge in [0.15, 0.2) is 6.61 Å². The number of ether oxygens (including phenoxy) is 1. The first-order chi connectivity index (χ1) is 9.85. The van der Waals surface area contributed by atoms with Gasteiger partial charge in [0, 0.05) is 37.9 Å². The van der Waals surface area contributed by atoms with Crippen LogP contribution in [0.5, 0.6) is 5.88 Å². The number of aromatic nitrogens is 1. The molecule has 1 fully saturated rings. The van der Waals surface area contributed by atoms with Gasteiger partial charge in [0.05, 0.1) is 5.56 Å². The minimum absolute atomic E-state index is 0.155. The standard InChI is InChI=1S/C13H16F3N3O2/c1-9-7-19(5-4-17-9)12(20)10-2-3-11(18-6-10)21-8-13(14,15)16/h2-3,6,9,17H,4-5,7-8H2,1H3/t9-/m0/s1. The number of amides is 1. The Labute approximate surface area is 120 Å². The Balaban J connectivity index is 1.96. The van der Waals surface area contributed by atoms with Crippen LogP contribution < -0.4 is 10.1 Å². The van der Waals surface area contributed by atoms with Crippen LogP contribution in [0.2, 0.25) is 0 Å². The zero-order chi connectivity index (χ0) is 15.5. The van der Waals surface area contributed by atoms with Crippen molar-refractivity contribution in [3.8, 4) is 5.88 Å². The van der Waals surface area contributed by atoms with Crippen LogP contribution in [0.15, 0.2) is 18.3 Å². The summed E-state index contributed by atoms with van der Waals surface area (Å²) in [6.07, 6.45) is -3.17. The first kappa shape index (κ1) is 15.6. The average molecular weight is 303 g/mol. The maximum absolute atomic E-state index is 12.2. The maximum atomic E-state index is 12.2. The first-order valence-electron chi connectivity index (χ1n) is 6.53. The summed E-state index contributed by atoms with van der Waals surface area (Å²) < 4.78 is 40.5. The first-order valence-corrected chi connectivity index (χ1v) is 6.53. The molecule has 8 heteroatoms. The molecule has 2 rings (SSSR count). The Bertz CT molecular complexity index is 490. The average Bonchev–Trinajstić information content (AvgIpc) is 2.44. The van der Waals surface area contributed by atoms with Gasteiger partial charge in [-0.3, -0.25) is 4.79 Å². The molecule has 1 saturated heterocycles. The van der Waals surface area contributed by atoms with Crippen molar-refractivity contribution in [1.29, 1.82) is 0 Å². The number of nitrogens with one attached hydrogen (secondary N) is 1. The molecule has 0 spiro atoms. The fraction of sp³-hybridized carbons (Fsp3) is 0.538. The van der Waals surface area contributed by atoms with Crippen molar-refractivity contribution >= 4 is 5.91 Å². The van der Waals surface area contributed by atoms with Gasteiger partial charge in [-0.25, -0.2) is 4.98 Å². The van der Waals surface area contributed by atoms with E-state index in [2.05, 4.69) is 15.0 Å². The van der Waals surface area contributed by atoms with E-state index in [9.17, 15) is 18.0 Å². The van der Waals surface area contributed by atoms with Crippen molar-refractivity contribution < 1.29 is 22.7 Å². The molecular formula is C13H16F3N3O2. The molecule has 0 saturated carbocycles. The number of rotatable bonds is 3. The SMILES string of the molecule is C[C@H]1CN(C(=O)c2ccc(OCC(F)(F)F)nc2)CCN1. The highest BCUT2D eigenvalue weighted by atomic mass is 19.4. The Morgan fingerprint density at radius 2 is 2.29 bits per heavy atom. The van der Waals surface area contributed by atoms with Gasteiger partial charge in [-0.2, -0.15) is 13.2 Å². The van der Waals surface area contributed by atoms with Crippen LogP contribution in [-0.4, -0.2) is 54.3 Å². The molecule has 0 radical (unpaired) electrons. The van der Waals surface area contributed by atoms with E-state index in [4.69, 9.17) is 0 Å². The van der Waals surface area contributed by atoms with Crippen LogP contribution in [0.4, 0.5) is 13.2 Å². The van der Waals surface area contributed by atoms with Gasteiger partial charge in [-0.15, -0.1) is 0 Å². The zero-order valence-electron chi connectivity index (χ0n) is 11.5. The minimum atomic E-state index is -4.41. The summed E-state index contributed by atoms with van der Waals surface area (Å²) in [4.78, 5) is 17.6. The summed E-state index contributed by atoms with van der Waals surface area (Å²) in [5, 5.41) is 3.22. The number of pyridine rings is 1. The predicted octanol–water partition coefficient (Wildman–Crippen LogP) is 1.46. The largest absolute Gasteiger partial charge is 0.468 e. The van der Waals surface area contributed by atoms with Crippen molar-refractivity contribution in [2.45, 2.75) is 19.1 Å². The molecule has 1 aromatic rings. The Kier molecular flexibility index (Phi) is 4.66. The molecule has 1 aliphatic rings. The smallest absolute Gasteiger partial charge is 0.422 e. The molecule has 2 heterocycles. The van der Waals surface area contributed by atoms with Crippen molar-refractivity contribution in [2.75, 3.05) is 26.2 Å². The van der Waals surface area contributed by atoms with Gasteiger partial charge < -0.3 is 15.0 Å². The van der Waals surface area contributed by atoms with E-state index in [-0.39, 0.29) is 17.8 Å². The molecule has 0 unspecified atom stereocenters. The number of hydrogen-bond donors (Lipinski definition) is 1. The fourth-order valence-electron chi connectivity index (χ4n) is 2.05. The van der Waals surface area contributed by atoms with E-state index in [1.54, 1.807) is 4.90 Å². The monoisotopic (exact) mass is 303 g/mol. The number of carbonyl (C=O) groups excluding carboxylic acids is 1. The van der Waals surface area contributed by atoms with Gasteiger partial charge in [-0.05, 0) is 13.0 Å². The van der Waals surface area contributed by atoms with Crippen LogP contribution in [0.3, 0.4) is 0 Å². The van der Waals surface area contributed by atoms with Crippen LogP contribution in [0.1, 0.15) is 17.3 Å². The lowest BCUT2D eigenvalue weighted by molar-refractivity contribution is -0.154. The van der Waals surface area contributed by atoms with Crippen LogP contribution in [0, 0.1) is 0 Å². The molecule has 116 valence electrons. The Morgan fingerprint density at radius 1 is 1.52 bits per heavy atom. The lowest BCUT2D eigenvalue weighted by atomic mass is 10.2. The number of carbonyl (C=O) groups is 1. The van der Waals surface area contributed by atoms with Gasteiger partial charge in [0.2, 0.25) is 5.88 Å². The third-order valence-electron chi connectivity index (χ3n) is 3.02. The van der Waals surface area contributed by atoms with Crippen molar-refractivity contribution in [3.05, 3.63) is 23.9 Å². The molecule has 1 aliphatic heterocycles. The normalized spacial score (nSPS) is 19.4. The van der Waals surface area contributed by atoms with Gasteiger partial charge >= 0.3 is 6.18 Å². The van der Waals surface area contributed by atoms with E-state index in [1.807, 2.05) is 6.92 Å². The number of halogens is 3. The maximum Gasteiger partial charge on any atom is 0.422 e. The molecule has 0 aliphatic carbocycles. The van der Waals surface area contributed by atoms with E-state index in [0.717, 1.165) is 0 Å². The minimum Gasteiger partial charge on any atom is -0.468 e. The zero-order valence-corrected chi connectivity index (χ0v) is 11.5. The third kappa shape index (κ3) is 4.59. The molecule has 1 aromatic heterocycles. The second kappa shape index (κ2) is 6.30. The van der Waals surface area contributed by atoms with Crippen LogP contribution in [-0.2, 0) is 0 Å². The van der Waals surface area contributed by atoms with E-state index in [1.165, 1.54) is 18.3 Å². The summed E-state index contributed by atoms with van der Waals surface area (Å²) >= 11 is 0. The predicted molar refractivity (Wildman–Crippen MR) is 69.2 cm³/mol. The molecule has 21 heavy (non-hydrogen) atoms. The highest BCUT2D eigenvalue weighted by molar-refractivity contribution is 5.94. The van der Waals surface area contributed by atoms with Crippen molar-refractivity contribution in [3.63, 3.8) is 0 Å². The van der Waals surface area contributed by atoms with Gasteiger partial charge in [0.25, 0.3) is 5.91 Å². The van der Waals surface area contributed by atoms with Crippen LogP contribution in [0.25, 0.3) is 0 Å². The number of piperazine rings is 1. The lowest BCUT2D eigenvalue weighted by Gasteiger charge is -2.31. The summed E-state index contributed by atoms with van der Waals surface area (Å²) in [7, 11) is 0. The quantitative estimate of drug-likeness (QED) is 0.918. The topological polar surface area (TPSA) is 54.5 Å². The van der Waals surface area contributed by atoms with Gasteiger partial charge in [0.1, 0.15) is 0 Å². The summed E-state index contributed by atoms with van der Waals surface area (Å²) in [5.74, 6) is -0.337. The van der Waals surface area contributed by atoms with Crippen molar-refractivity contribution in [1.82, 2.24) is 15.2 Å². The second-order valence-electron chi connectivity index (χ2n) is 4.90. The lowest BCUT2D eigenvalue weighted by Crippen LogP contribution is -2.51. The van der Waals surface area contributed by atoms with E-state index >= 15 is 0 Å². The molecule has 1 N–H and O–H groups in total. The molecule has 1 atom stereocenters.